The van der Waals surface area contributed by atoms with Crippen molar-refractivity contribution in [3.05, 3.63) is 110 Å². The molecule has 0 saturated heterocycles. The van der Waals surface area contributed by atoms with Crippen LogP contribution in [0.2, 0.25) is 0 Å². The molecule has 1 saturated carbocycles. The van der Waals surface area contributed by atoms with Gasteiger partial charge in [0.15, 0.2) is 15.7 Å². The standard InChI is InChI=1S/C37H34F2N4O4S3/c1-5-47-36(44)33-21-48-37(41-33)43-20-30(27-8-6-7-24(15-27)12-14-28-13-9-23(2)49-28)29(34(43)19-25-10-11-25)16-26-17-31(38)35(32(39)18-26)50(45,46)40-22-42(3)4/h6-9,13,15,17-18,20-22,25H,5,10-11,16,19H2,1-4H3/b40-22-. The molecule has 258 valence electrons. The molecule has 0 bridgehead atoms. The summed E-state index contributed by atoms with van der Waals surface area (Å²) in [6.07, 6.45) is 5.78. The van der Waals surface area contributed by atoms with Gasteiger partial charge >= 0.3 is 5.97 Å². The van der Waals surface area contributed by atoms with Gasteiger partial charge in [0.05, 0.1) is 11.5 Å². The van der Waals surface area contributed by atoms with Crippen LogP contribution in [0, 0.1) is 36.3 Å². The maximum absolute atomic E-state index is 15.5. The van der Waals surface area contributed by atoms with Crippen molar-refractivity contribution in [2.75, 3.05) is 20.7 Å². The van der Waals surface area contributed by atoms with Gasteiger partial charge < -0.3 is 9.64 Å². The SMILES string of the molecule is CCOC(=O)c1csc(-n2cc(-c3cccc(C#Cc4ccc(C)s4)c3)c(Cc3cc(F)c(S(=O)(=O)/N=C\N(C)C)c(F)c3)c2CC2CC2)n1. The maximum atomic E-state index is 15.5. The fourth-order valence-corrected chi connectivity index (χ4v) is 8.01. The topological polar surface area (TPSA) is 93.9 Å². The highest BCUT2D eigenvalue weighted by atomic mass is 32.2. The lowest BCUT2D eigenvalue weighted by molar-refractivity contribution is 0.0520. The van der Waals surface area contributed by atoms with E-state index in [0.29, 0.717) is 17.5 Å². The van der Waals surface area contributed by atoms with Crippen LogP contribution >= 0.6 is 22.7 Å². The number of aryl methyl sites for hydroxylation is 1. The smallest absolute Gasteiger partial charge is 0.357 e. The number of ether oxygens (including phenoxy) is 1. The van der Waals surface area contributed by atoms with Gasteiger partial charge in [-0.05, 0) is 92.1 Å². The van der Waals surface area contributed by atoms with Crippen LogP contribution < -0.4 is 0 Å². The van der Waals surface area contributed by atoms with Crippen LogP contribution in [0.25, 0.3) is 16.3 Å². The van der Waals surface area contributed by atoms with Crippen LogP contribution in [-0.2, 0) is 27.6 Å². The van der Waals surface area contributed by atoms with Crippen LogP contribution in [0.1, 0.15) is 62.4 Å². The summed E-state index contributed by atoms with van der Waals surface area (Å²) in [5, 5.41) is 2.21. The molecule has 0 spiro atoms. The number of carbonyl (C=O) groups excluding carboxylic acids is 1. The number of carbonyl (C=O) groups is 1. The lowest BCUT2D eigenvalue weighted by atomic mass is 9.94. The van der Waals surface area contributed by atoms with E-state index in [4.69, 9.17) is 4.74 Å². The Kier molecular flexibility index (Phi) is 10.3. The van der Waals surface area contributed by atoms with E-state index in [0.717, 1.165) is 64.1 Å². The normalized spacial score (nSPS) is 13.0. The van der Waals surface area contributed by atoms with E-state index >= 15 is 8.78 Å². The van der Waals surface area contributed by atoms with Crippen molar-refractivity contribution < 1.29 is 26.7 Å². The molecule has 50 heavy (non-hydrogen) atoms. The molecule has 2 aromatic carbocycles. The van der Waals surface area contributed by atoms with Gasteiger partial charge in [0, 0.05) is 53.8 Å². The second-order valence-corrected chi connectivity index (χ2v) is 15.9. The van der Waals surface area contributed by atoms with E-state index in [9.17, 15) is 13.2 Å². The first kappa shape index (κ1) is 35.2. The molecule has 0 N–H and O–H groups in total. The van der Waals surface area contributed by atoms with E-state index in [2.05, 4.69) is 21.2 Å². The number of benzene rings is 2. The Morgan fingerprint density at radius 3 is 2.56 bits per heavy atom. The zero-order valence-electron chi connectivity index (χ0n) is 27.9. The molecule has 8 nitrogen and oxygen atoms in total. The molecule has 3 aromatic heterocycles. The van der Waals surface area contributed by atoms with Gasteiger partial charge in [0.2, 0.25) is 0 Å². The zero-order valence-corrected chi connectivity index (χ0v) is 30.3. The van der Waals surface area contributed by atoms with Crippen molar-refractivity contribution in [3.63, 3.8) is 0 Å². The molecular weight excluding hydrogens is 699 g/mol. The molecule has 0 radical (unpaired) electrons. The number of hydrogen-bond acceptors (Lipinski definition) is 7. The molecule has 0 atom stereocenters. The van der Waals surface area contributed by atoms with Crippen LogP contribution in [-0.4, -0.2) is 55.9 Å². The van der Waals surface area contributed by atoms with Gasteiger partial charge in [0.25, 0.3) is 10.0 Å². The predicted molar refractivity (Wildman–Crippen MR) is 193 cm³/mol. The number of nitrogens with zero attached hydrogens (tertiary/aromatic N) is 4. The van der Waals surface area contributed by atoms with Crippen molar-refractivity contribution in [2.24, 2.45) is 10.3 Å². The molecular formula is C37H34F2N4O4S3. The molecule has 5 aromatic rings. The Labute approximate surface area is 298 Å². The highest BCUT2D eigenvalue weighted by molar-refractivity contribution is 7.90. The number of esters is 1. The maximum Gasteiger partial charge on any atom is 0.357 e. The van der Waals surface area contributed by atoms with Crippen LogP contribution in [0.4, 0.5) is 8.78 Å². The third-order valence-electron chi connectivity index (χ3n) is 7.94. The molecule has 0 amide bonds. The lowest BCUT2D eigenvalue weighted by Gasteiger charge is -2.12. The molecule has 6 rings (SSSR count). The predicted octanol–water partition coefficient (Wildman–Crippen LogP) is 7.65. The largest absolute Gasteiger partial charge is 0.461 e. The highest BCUT2D eigenvalue weighted by Gasteiger charge is 2.30. The minimum atomic E-state index is -4.63. The van der Waals surface area contributed by atoms with Crippen molar-refractivity contribution in [1.29, 1.82) is 0 Å². The minimum absolute atomic E-state index is 0.0972. The summed E-state index contributed by atoms with van der Waals surface area (Å²) in [5.74, 6) is 3.93. The average molecular weight is 733 g/mol. The fourth-order valence-electron chi connectivity index (χ4n) is 5.47. The van der Waals surface area contributed by atoms with E-state index in [1.165, 1.54) is 21.1 Å². The molecule has 13 heteroatoms. The summed E-state index contributed by atoms with van der Waals surface area (Å²) >= 11 is 2.91. The average Bonchev–Trinajstić information content (AvgIpc) is 3.41. The first-order valence-corrected chi connectivity index (χ1v) is 19.0. The molecule has 1 aliphatic rings. The second-order valence-electron chi connectivity index (χ2n) is 12.2. The van der Waals surface area contributed by atoms with Gasteiger partial charge in [-0.1, -0.05) is 24.0 Å². The molecule has 0 unspecified atom stereocenters. The van der Waals surface area contributed by atoms with E-state index in [-0.39, 0.29) is 24.3 Å². The number of aromatic nitrogens is 2. The van der Waals surface area contributed by atoms with Gasteiger partial charge in [-0.3, -0.25) is 4.57 Å². The summed E-state index contributed by atoms with van der Waals surface area (Å²) in [6.45, 7) is 3.98. The zero-order chi connectivity index (χ0) is 35.6. The van der Waals surface area contributed by atoms with Gasteiger partial charge in [0.1, 0.15) is 18.0 Å². The second kappa shape index (κ2) is 14.7. The monoisotopic (exact) mass is 732 g/mol. The Hall–Kier alpha value is -4.64. The summed E-state index contributed by atoms with van der Waals surface area (Å²) in [6, 6.07) is 13.9. The van der Waals surface area contributed by atoms with E-state index in [1.807, 2.05) is 54.1 Å². The molecule has 1 aliphatic carbocycles. The quantitative estimate of drug-likeness (QED) is 0.0600. The summed E-state index contributed by atoms with van der Waals surface area (Å²) in [5.41, 5.74) is 4.58. The highest BCUT2D eigenvalue weighted by Crippen LogP contribution is 2.40. The lowest BCUT2D eigenvalue weighted by Crippen LogP contribution is -2.12. The van der Waals surface area contributed by atoms with E-state index in [1.54, 1.807) is 37.7 Å². The molecule has 3 heterocycles. The van der Waals surface area contributed by atoms with Crippen LogP contribution in [0.3, 0.4) is 0 Å². The van der Waals surface area contributed by atoms with Crippen LogP contribution in [0.5, 0.6) is 0 Å². The van der Waals surface area contributed by atoms with Crippen molar-refractivity contribution >= 4 is 45.0 Å². The van der Waals surface area contributed by atoms with Crippen LogP contribution in [0.15, 0.2) is 69.4 Å². The van der Waals surface area contributed by atoms with Crippen molar-refractivity contribution in [1.82, 2.24) is 14.5 Å². The number of sulfonamides is 1. The Morgan fingerprint density at radius 1 is 1.14 bits per heavy atom. The number of hydrogen-bond donors (Lipinski definition) is 0. The minimum Gasteiger partial charge on any atom is -0.461 e. The number of thiophene rings is 1. The summed E-state index contributed by atoms with van der Waals surface area (Å²) < 4.78 is 67.0. The van der Waals surface area contributed by atoms with Gasteiger partial charge in [-0.15, -0.1) is 27.1 Å². The number of rotatable bonds is 11. The van der Waals surface area contributed by atoms with Gasteiger partial charge in [-0.25, -0.2) is 18.6 Å². The Bertz CT molecular complexity index is 2250. The van der Waals surface area contributed by atoms with Gasteiger partial charge in [-0.2, -0.15) is 8.42 Å². The molecule has 0 aliphatic heterocycles. The van der Waals surface area contributed by atoms with Crippen molar-refractivity contribution in [2.45, 2.75) is 44.4 Å². The third kappa shape index (κ3) is 8.04. The van der Waals surface area contributed by atoms with E-state index < -0.39 is 32.5 Å². The number of thiazole rings is 1. The summed E-state index contributed by atoms with van der Waals surface area (Å²) in [7, 11) is -1.53. The number of halogens is 2. The first-order valence-electron chi connectivity index (χ1n) is 15.9. The Morgan fingerprint density at radius 2 is 1.90 bits per heavy atom. The summed E-state index contributed by atoms with van der Waals surface area (Å²) in [4.78, 5) is 19.5. The third-order valence-corrected chi connectivity index (χ3v) is 11.0. The molecule has 1 fully saturated rings. The Balaban J connectivity index is 1.48. The fraction of sp³-hybridized carbons (Fsp3) is 0.270. The van der Waals surface area contributed by atoms with Crippen molar-refractivity contribution in [3.8, 4) is 28.1 Å². The first-order chi connectivity index (χ1) is 23.9.